The largest absolute Gasteiger partial charge is 0.507 e. The SMILES string of the molecule is Cc1ccc(NN2C(=O)C3CC4C(=CCn5c(=O)n(C)c(=O)n54)C(c4ccc5ccccc5c4O)C3(c3ccccc3)C2=O)cc1. The molecule has 8 rings (SSSR count). The zero-order chi connectivity index (χ0) is 31.9. The summed E-state index contributed by atoms with van der Waals surface area (Å²) in [4.78, 5) is 56.4. The number of carbonyl (C=O) groups is 2. The number of fused-ring (bicyclic) bond motifs is 5. The molecule has 2 N–H and O–H groups in total. The molecule has 4 atom stereocenters. The highest BCUT2D eigenvalue weighted by Crippen LogP contribution is 2.63. The highest BCUT2D eigenvalue weighted by molar-refractivity contribution is 6.13. The number of nitrogens with one attached hydrogen (secondary N) is 1. The zero-order valence-corrected chi connectivity index (χ0v) is 25.3. The van der Waals surface area contributed by atoms with E-state index in [9.17, 15) is 19.5 Å². The number of imide groups is 1. The number of aromatic hydroxyl groups is 1. The van der Waals surface area contributed by atoms with E-state index in [-0.39, 0.29) is 18.7 Å². The summed E-state index contributed by atoms with van der Waals surface area (Å²) < 4.78 is 3.86. The van der Waals surface area contributed by atoms with Gasteiger partial charge in [0, 0.05) is 23.9 Å². The first-order valence-electron chi connectivity index (χ1n) is 15.3. The Balaban J connectivity index is 1.42. The lowest BCUT2D eigenvalue weighted by Crippen LogP contribution is -2.53. The van der Waals surface area contributed by atoms with Gasteiger partial charge in [-0.2, -0.15) is 5.01 Å². The molecular formula is C36H31N5O5. The Morgan fingerprint density at radius 2 is 1.57 bits per heavy atom. The van der Waals surface area contributed by atoms with Gasteiger partial charge in [0.1, 0.15) is 5.75 Å². The molecule has 3 aliphatic rings. The van der Waals surface area contributed by atoms with Crippen molar-refractivity contribution in [2.24, 2.45) is 13.0 Å². The lowest BCUT2D eigenvalue weighted by atomic mass is 9.53. The number of benzene rings is 4. The summed E-state index contributed by atoms with van der Waals surface area (Å²) in [6.45, 7) is 2.06. The molecule has 2 aliphatic heterocycles. The molecule has 1 saturated heterocycles. The second-order valence-electron chi connectivity index (χ2n) is 12.4. The highest BCUT2D eigenvalue weighted by atomic mass is 16.3. The van der Waals surface area contributed by atoms with Crippen LogP contribution in [0.25, 0.3) is 10.8 Å². The number of allylic oxidation sites excluding steroid dienone is 2. The Kier molecular flexibility index (Phi) is 6.02. The van der Waals surface area contributed by atoms with Crippen molar-refractivity contribution in [2.75, 3.05) is 5.43 Å². The van der Waals surface area contributed by atoms with E-state index in [1.807, 2.05) is 104 Å². The number of aromatic nitrogens is 3. The average molecular weight is 614 g/mol. The molecule has 46 heavy (non-hydrogen) atoms. The quantitative estimate of drug-likeness (QED) is 0.233. The summed E-state index contributed by atoms with van der Waals surface area (Å²) >= 11 is 0. The van der Waals surface area contributed by atoms with Gasteiger partial charge in [0.25, 0.3) is 11.8 Å². The van der Waals surface area contributed by atoms with E-state index in [2.05, 4.69) is 5.43 Å². The molecule has 230 valence electrons. The molecule has 2 amide bonds. The Morgan fingerprint density at radius 1 is 0.848 bits per heavy atom. The van der Waals surface area contributed by atoms with Crippen LogP contribution in [0.1, 0.15) is 35.1 Å². The number of phenolic OH excluding ortho intramolecular Hbond substituents is 1. The third kappa shape index (κ3) is 3.64. The van der Waals surface area contributed by atoms with Gasteiger partial charge in [-0.1, -0.05) is 90.5 Å². The molecule has 0 bridgehead atoms. The molecular weight excluding hydrogens is 582 g/mol. The van der Waals surface area contributed by atoms with Crippen LogP contribution in [-0.4, -0.2) is 35.9 Å². The number of hydrogen-bond donors (Lipinski definition) is 2. The number of rotatable bonds is 4. The van der Waals surface area contributed by atoms with Crippen molar-refractivity contribution in [3.05, 3.63) is 140 Å². The maximum atomic E-state index is 15.2. The summed E-state index contributed by atoms with van der Waals surface area (Å²) in [5, 5.41) is 14.5. The van der Waals surface area contributed by atoms with Gasteiger partial charge in [0.2, 0.25) is 0 Å². The van der Waals surface area contributed by atoms with Gasteiger partial charge >= 0.3 is 11.4 Å². The predicted molar refractivity (Wildman–Crippen MR) is 172 cm³/mol. The molecule has 0 radical (unpaired) electrons. The Hall–Kier alpha value is -5.64. The summed E-state index contributed by atoms with van der Waals surface area (Å²) in [5.74, 6) is -2.67. The van der Waals surface area contributed by atoms with E-state index >= 15 is 4.79 Å². The van der Waals surface area contributed by atoms with Gasteiger partial charge in [0.05, 0.1) is 29.6 Å². The Morgan fingerprint density at radius 3 is 2.33 bits per heavy atom. The summed E-state index contributed by atoms with van der Waals surface area (Å²) in [6.07, 6.45) is 1.99. The van der Waals surface area contributed by atoms with Gasteiger partial charge in [-0.15, -0.1) is 0 Å². The lowest BCUT2D eigenvalue weighted by Gasteiger charge is -2.49. The maximum absolute atomic E-state index is 15.2. The first-order chi connectivity index (χ1) is 22.2. The van der Waals surface area contributed by atoms with Gasteiger partial charge in [-0.05, 0) is 42.0 Å². The maximum Gasteiger partial charge on any atom is 0.347 e. The Labute approximate surface area is 263 Å². The van der Waals surface area contributed by atoms with E-state index in [0.29, 0.717) is 27.8 Å². The molecule has 0 spiro atoms. The number of nitrogens with zero attached hydrogens (tertiary/aromatic N) is 4. The van der Waals surface area contributed by atoms with Crippen LogP contribution in [0.3, 0.4) is 0 Å². The second-order valence-corrected chi connectivity index (χ2v) is 12.4. The number of hydrogen-bond acceptors (Lipinski definition) is 6. The molecule has 4 aromatic carbocycles. The van der Waals surface area contributed by atoms with Crippen LogP contribution in [0.5, 0.6) is 5.75 Å². The minimum Gasteiger partial charge on any atom is -0.507 e. The van der Waals surface area contributed by atoms with Crippen molar-refractivity contribution in [1.82, 2.24) is 18.9 Å². The number of aryl methyl sites for hydroxylation is 1. The molecule has 10 nitrogen and oxygen atoms in total. The Bertz CT molecular complexity index is 2230. The normalized spacial score (nSPS) is 23.6. The average Bonchev–Trinajstić information content (AvgIpc) is 3.43. The third-order valence-corrected chi connectivity index (χ3v) is 10.1. The number of phenols is 1. The molecule has 3 heterocycles. The van der Waals surface area contributed by atoms with Crippen molar-refractivity contribution in [3.63, 3.8) is 0 Å². The van der Waals surface area contributed by atoms with Gasteiger partial charge in [-0.25, -0.2) is 23.5 Å². The van der Waals surface area contributed by atoms with E-state index < -0.39 is 46.5 Å². The summed E-state index contributed by atoms with van der Waals surface area (Å²) in [7, 11) is 1.43. The number of carbonyl (C=O) groups excluding carboxylic acids is 2. The fourth-order valence-electron chi connectivity index (χ4n) is 7.97. The highest BCUT2D eigenvalue weighted by Gasteiger charge is 2.69. The lowest BCUT2D eigenvalue weighted by molar-refractivity contribution is -0.138. The first kappa shape index (κ1) is 27.9. The number of hydrazine groups is 1. The molecule has 2 fully saturated rings. The van der Waals surface area contributed by atoms with Crippen molar-refractivity contribution in [3.8, 4) is 5.75 Å². The fourth-order valence-corrected chi connectivity index (χ4v) is 7.97. The van der Waals surface area contributed by atoms with Crippen molar-refractivity contribution in [1.29, 1.82) is 0 Å². The fraction of sp³-hybridized carbons (Fsp3) is 0.222. The van der Waals surface area contributed by atoms with Crippen LogP contribution in [0.4, 0.5) is 5.69 Å². The third-order valence-electron chi connectivity index (χ3n) is 10.1. The van der Waals surface area contributed by atoms with Crippen molar-refractivity contribution >= 4 is 28.3 Å². The van der Waals surface area contributed by atoms with Crippen LogP contribution in [0, 0.1) is 12.8 Å². The minimum atomic E-state index is -1.47. The van der Waals surface area contributed by atoms with Crippen LogP contribution in [0.15, 0.2) is 112 Å². The van der Waals surface area contributed by atoms with E-state index in [0.717, 1.165) is 20.5 Å². The molecule has 4 unspecified atom stereocenters. The minimum absolute atomic E-state index is 0.00673. The number of anilines is 1. The summed E-state index contributed by atoms with van der Waals surface area (Å²) in [6, 6.07) is 27.1. The second kappa shape index (κ2) is 9.93. The van der Waals surface area contributed by atoms with Crippen LogP contribution >= 0.6 is 0 Å². The van der Waals surface area contributed by atoms with Crippen LogP contribution in [-0.2, 0) is 28.6 Å². The standard InChI is InChI=1S/C36H31N5O5/c1-21-12-15-24(16-13-21)37-40-32(43)28-20-29-26(18-19-39-34(45)38(2)35(46)41(29)39)30(36(28,33(40)44)23-9-4-3-5-10-23)27-17-14-22-8-6-7-11-25(22)31(27)42/h3-18,28-30,37,42H,19-20H2,1-2H3. The predicted octanol–water partition coefficient (Wildman–Crippen LogP) is 4.13. The van der Waals surface area contributed by atoms with Gasteiger partial charge < -0.3 is 5.11 Å². The molecule has 1 saturated carbocycles. The molecule has 10 heteroatoms. The van der Waals surface area contributed by atoms with Gasteiger partial charge in [-0.3, -0.25) is 15.0 Å². The topological polar surface area (TPSA) is 119 Å². The van der Waals surface area contributed by atoms with E-state index in [1.54, 1.807) is 0 Å². The van der Waals surface area contributed by atoms with Crippen LogP contribution in [0.2, 0.25) is 0 Å². The van der Waals surface area contributed by atoms with Gasteiger partial charge in [0.15, 0.2) is 0 Å². The first-order valence-corrected chi connectivity index (χ1v) is 15.3. The molecule has 1 aromatic heterocycles. The van der Waals surface area contributed by atoms with E-state index in [1.165, 1.54) is 16.4 Å². The van der Waals surface area contributed by atoms with E-state index in [4.69, 9.17) is 0 Å². The zero-order valence-electron chi connectivity index (χ0n) is 25.3. The molecule has 5 aromatic rings. The van der Waals surface area contributed by atoms with Crippen molar-refractivity contribution < 1.29 is 14.7 Å². The van der Waals surface area contributed by atoms with Crippen LogP contribution < -0.4 is 16.8 Å². The summed E-state index contributed by atoms with van der Waals surface area (Å²) in [5.41, 5.74) is 4.07. The molecule has 1 aliphatic carbocycles. The monoisotopic (exact) mass is 613 g/mol. The number of amides is 2. The van der Waals surface area contributed by atoms with Crippen molar-refractivity contribution in [2.45, 2.75) is 37.3 Å². The smallest absolute Gasteiger partial charge is 0.347 e.